The van der Waals surface area contributed by atoms with Crippen LogP contribution in [0.5, 0.6) is 5.75 Å². The van der Waals surface area contributed by atoms with Crippen LogP contribution in [0.25, 0.3) is 0 Å². The van der Waals surface area contributed by atoms with E-state index in [-0.39, 0.29) is 18.9 Å². The van der Waals surface area contributed by atoms with Gasteiger partial charge in [-0.15, -0.1) is 0 Å². The van der Waals surface area contributed by atoms with Gasteiger partial charge >= 0.3 is 6.09 Å². The smallest absolute Gasteiger partial charge is 0.410 e. The predicted octanol–water partition coefficient (Wildman–Crippen LogP) is 2.88. The van der Waals surface area contributed by atoms with Gasteiger partial charge in [0.15, 0.2) is 0 Å². The van der Waals surface area contributed by atoms with E-state index < -0.39 is 18.2 Å². The highest BCUT2D eigenvalue weighted by molar-refractivity contribution is 5.97. The zero-order valence-electron chi connectivity index (χ0n) is 14.8. The maximum atomic E-state index is 12.7. The molecule has 2 N–H and O–H groups in total. The molecular weight excluding hydrogens is 332 g/mol. The summed E-state index contributed by atoms with van der Waals surface area (Å²) in [6, 6.07) is 13.5. The summed E-state index contributed by atoms with van der Waals surface area (Å²) in [7, 11) is 0. The molecule has 0 unspecified atom stereocenters. The fourth-order valence-corrected chi connectivity index (χ4v) is 3.01. The van der Waals surface area contributed by atoms with E-state index in [1.807, 2.05) is 38.1 Å². The lowest BCUT2D eigenvalue weighted by Crippen LogP contribution is -2.44. The summed E-state index contributed by atoms with van der Waals surface area (Å²) in [5.41, 5.74) is 2.74. The van der Waals surface area contributed by atoms with E-state index in [9.17, 15) is 14.7 Å². The van der Waals surface area contributed by atoms with E-state index in [4.69, 9.17) is 4.74 Å². The molecule has 136 valence electrons. The van der Waals surface area contributed by atoms with E-state index in [1.54, 1.807) is 24.3 Å². The van der Waals surface area contributed by atoms with Gasteiger partial charge < -0.3 is 15.2 Å². The molecule has 2 aromatic rings. The van der Waals surface area contributed by atoms with E-state index >= 15 is 0 Å². The molecule has 1 fully saturated rings. The third-order valence-electron chi connectivity index (χ3n) is 4.63. The number of carbonyl (C=O) groups is 2. The lowest BCUT2D eigenvalue weighted by atomic mass is 10.1. The van der Waals surface area contributed by atoms with Crippen LogP contribution in [0, 0.1) is 13.8 Å². The van der Waals surface area contributed by atoms with Gasteiger partial charge in [-0.3, -0.25) is 9.69 Å². The van der Waals surface area contributed by atoms with Crippen LogP contribution in [-0.4, -0.2) is 40.7 Å². The second-order valence-electron chi connectivity index (χ2n) is 6.48. The van der Waals surface area contributed by atoms with Gasteiger partial charge in [-0.1, -0.05) is 30.3 Å². The predicted molar refractivity (Wildman–Crippen MR) is 98.1 cm³/mol. The Labute approximate surface area is 152 Å². The number of hydrogen-bond acceptors (Lipinski definition) is 4. The fraction of sp³-hybridized carbons (Fsp3) is 0.300. The van der Waals surface area contributed by atoms with Gasteiger partial charge in [0.25, 0.3) is 0 Å². The minimum absolute atomic E-state index is 0.0660. The number of para-hydroxylation sites is 1. The molecule has 0 saturated carbocycles. The molecule has 1 aliphatic rings. The van der Waals surface area contributed by atoms with Crippen molar-refractivity contribution in [2.45, 2.75) is 32.4 Å². The van der Waals surface area contributed by atoms with Gasteiger partial charge in [-0.2, -0.15) is 0 Å². The van der Waals surface area contributed by atoms with Crippen molar-refractivity contribution in [1.82, 2.24) is 4.90 Å². The second-order valence-corrected chi connectivity index (χ2v) is 6.48. The van der Waals surface area contributed by atoms with Crippen molar-refractivity contribution in [2.75, 3.05) is 11.9 Å². The zero-order valence-corrected chi connectivity index (χ0v) is 14.8. The van der Waals surface area contributed by atoms with Crippen LogP contribution in [0.2, 0.25) is 0 Å². The Kier molecular flexibility index (Phi) is 5.23. The van der Waals surface area contributed by atoms with Crippen LogP contribution in [0.4, 0.5) is 10.5 Å². The van der Waals surface area contributed by atoms with Crippen molar-refractivity contribution >= 4 is 17.7 Å². The molecule has 0 aromatic heterocycles. The molecule has 2 amide bonds. The van der Waals surface area contributed by atoms with Crippen LogP contribution < -0.4 is 10.1 Å². The first-order valence-electron chi connectivity index (χ1n) is 8.54. The SMILES string of the molecule is Cc1cccc(NC(=O)[C@H]2C[C@H](O)CN2C(=O)Oc2ccccc2)c1C. The molecule has 0 spiro atoms. The second kappa shape index (κ2) is 7.58. The Morgan fingerprint density at radius 2 is 1.85 bits per heavy atom. The fourth-order valence-electron chi connectivity index (χ4n) is 3.01. The first kappa shape index (κ1) is 17.9. The minimum Gasteiger partial charge on any atom is -0.410 e. The van der Waals surface area contributed by atoms with Crippen LogP contribution in [0.1, 0.15) is 17.5 Å². The number of nitrogens with one attached hydrogen (secondary N) is 1. The number of β-amino-alcohol motifs (C(OH)–C–C–N with tert-alkyl or cyclic N) is 1. The van der Waals surface area contributed by atoms with E-state index in [2.05, 4.69) is 5.32 Å². The summed E-state index contributed by atoms with van der Waals surface area (Å²) < 4.78 is 5.32. The number of hydrogen-bond donors (Lipinski definition) is 2. The monoisotopic (exact) mass is 354 g/mol. The minimum atomic E-state index is -0.777. The lowest BCUT2D eigenvalue weighted by Gasteiger charge is -2.23. The first-order valence-corrected chi connectivity index (χ1v) is 8.54. The average molecular weight is 354 g/mol. The molecule has 6 nitrogen and oxygen atoms in total. The molecule has 26 heavy (non-hydrogen) atoms. The molecule has 0 aliphatic carbocycles. The van der Waals surface area contributed by atoms with Gasteiger partial charge in [0.1, 0.15) is 11.8 Å². The van der Waals surface area contributed by atoms with Crippen molar-refractivity contribution in [1.29, 1.82) is 0 Å². The Balaban J connectivity index is 1.73. The van der Waals surface area contributed by atoms with E-state index in [1.165, 1.54) is 4.90 Å². The Hall–Kier alpha value is -2.86. The number of amides is 2. The molecule has 2 atom stereocenters. The van der Waals surface area contributed by atoms with Gasteiger partial charge in [0, 0.05) is 12.1 Å². The molecule has 0 bridgehead atoms. The first-order chi connectivity index (χ1) is 12.5. The molecule has 1 heterocycles. The van der Waals surface area contributed by atoms with Crippen molar-refractivity contribution in [3.8, 4) is 5.75 Å². The third kappa shape index (κ3) is 3.86. The lowest BCUT2D eigenvalue weighted by molar-refractivity contribution is -0.119. The maximum Gasteiger partial charge on any atom is 0.416 e. The van der Waals surface area contributed by atoms with Gasteiger partial charge in [-0.05, 0) is 43.2 Å². The molecule has 6 heteroatoms. The van der Waals surface area contributed by atoms with Crippen molar-refractivity contribution in [3.05, 3.63) is 59.7 Å². The number of aliphatic hydroxyl groups is 1. The van der Waals surface area contributed by atoms with Crippen LogP contribution in [0.15, 0.2) is 48.5 Å². The Bertz CT molecular complexity index is 807. The number of benzene rings is 2. The van der Waals surface area contributed by atoms with Gasteiger partial charge in [0.05, 0.1) is 12.6 Å². The van der Waals surface area contributed by atoms with Crippen molar-refractivity contribution in [2.24, 2.45) is 0 Å². The largest absolute Gasteiger partial charge is 0.416 e. The van der Waals surface area contributed by atoms with Crippen molar-refractivity contribution < 1.29 is 19.4 Å². The van der Waals surface area contributed by atoms with Gasteiger partial charge in [0.2, 0.25) is 5.91 Å². The Morgan fingerprint density at radius 1 is 1.12 bits per heavy atom. The van der Waals surface area contributed by atoms with Crippen LogP contribution in [0.3, 0.4) is 0 Å². The van der Waals surface area contributed by atoms with E-state index in [0.29, 0.717) is 11.4 Å². The Morgan fingerprint density at radius 3 is 2.58 bits per heavy atom. The number of carbonyl (C=O) groups excluding carboxylic acids is 2. The summed E-state index contributed by atoms with van der Waals surface area (Å²) >= 11 is 0. The number of anilines is 1. The number of aryl methyl sites for hydroxylation is 1. The summed E-state index contributed by atoms with van der Waals surface area (Å²) in [6.07, 6.45) is -1.22. The molecule has 0 radical (unpaired) electrons. The topological polar surface area (TPSA) is 78.9 Å². The van der Waals surface area contributed by atoms with Crippen molar-refractivity contribution in [3.63, 3.8) is 0 Å². The number of ether oxygens (including phenoxy) is 1. The number of likely N-dealkylation sites (tertiary alicyclic amines) is 1. The quantitative estimate of drug-likeness (QED) is 0.888. The zero-order chi connectivity index (χ0) is 18.7. The summed E-state index contributed by atoms with van der Waals surface area (Å²) in [4.78, 5) is 26.5. The number of rotatable bonds is 3. The molecule has 2 aromatic carbocycles. The van der Waals surface area contributed by atoms with Crippen LogP contribution in [-0.2, 0) is 4.79 Å². The molecular formula is C20H22N2O4. The normalized spacial score (nSPS) is 19.3. The number of nitrogens with zero attached hydrogens (tertiary/aromatic N) is 1. The molecule has 1 saturated heterocycles. The van der Waals surface area contributed by atoms with E-state index in [0.717, 1.165) is 11.1 Å². The summed E-state index contributed by atoms with van der Waals surface area (Å²) in [5, 5.41) is 12.8. The number of aliphatic hydroxyl groups excluding tert-OH is 1. The highest BCUT2D eigenvalue weighted by atomic mass is 16.6. The average Bonchev–Trinajstić information content (AvgIpc) is 3.02. The highest BCUT2D eigenvalue weighted by Gasteiger charge is 2.40. The third-order valence-corrected chi connectivity index (χ3v) is 4.63. The summed E-state index contributed by atoms with van der Waals surface area (Å²) in [5.74, 6) is 0.0628. The summed E-state index contributed by atoms with van der Waals surface area (Å²) in [6.45, 7) is 3.96. The molecule has 1 aliphatic heterocycles. The molecule has 3 rings (SSSR count). The van der Waals surface area contributed by atoms with Crippen LogP contribution >= 0.6 is 0 Å². The standard InChI is InChI=1S/C20H22N2O4/c1-13-7-6-10-17(14(13)2)21-19(24)18-11-15(23)12-22(18)20(25)26-16-8-4-3-5-9-16/h3-10,15,18,23H,11-12H2,1-2H3,(H,21,24)/t15-,18+/m0/s1. The van der Waals surface area contributed by atoms with Gasteiger partial charge in [-0.25, -0.2) is 4.79 Å². The maximum absolute atomic E-state index is 12.7. The highest BCUT2D eigenvalue weighted by Crippen LogP contribution is 2.24.